The first-order valence-electron chi connectivity index (χ1n) is 6.33. The minimum absolute atomic E-state index is 0.200. The fourth-order valence-electron chi connectivity index (χ4n) is 2.06. The minimum atomic E-state index is -1.10. The number of carbonyl (C=O) groups is 1. The van der Waals surface area contributed by atoms with Crippen molar-refractivity contribution >= 4 is 39.9 Å². The summed E-state index contributed by atoms with van der Waals surface area (Å²) < 4.78 is 13.4. The van der Waals surface area contributed by atoms with Gasteiger partial charge >= 0.3 is 5.69 Å². The van der Waals surface area contributed by atoms with Crippen LogP contribution in [-0.4, -0.2) is 20.8 Å². The van der Waals surface area contributed by atoms with Crippen molar-refractivity contribution in [3.8, 4) is 0 Å². The highest BCUT2D eigenvalue weighted by molar-refractivity contribution is 6.34. The van der Waals surface area contributed by atoms with Crippen molar-refractivity contribution in [1.29, 1.82) is 0 Å². The second-order valence-electron chi connectivity index (χ2n) is 4.63. The van der Waals surface area contributed by atoms with Gasteiger partial charge in [0.2, 0.25) is 5.82 Å². The van der Waals surface area contributed by atoms with Crippen LogP contribution in [0.1, 0.15) is 10.4 Å². The second kappa shape index (κ2) is 5.65. The molecule has 0 unspecified atom stereocenters. The molecule has 2 N–H and O–H groups in total. The van der Waals surface area contributed by atoms with E-state index in [1.54, 1.807) is 18.3 Å². The summed E-state index contributed by atoms with van der Waals surface area (Å²) in [5.74, 6) is -1.80. The maximum absolute atomic E-state index is 13.4. The number of nitrogens with zero attached hydrogens (tertiary/aromatic N) is 2. The highest BCUT2D eigenvalue weighted by atomic mass is 35.5. The molecular formula is C14H8ClFN4O3. The lowest BCUT2D eigenvalue weighted by Crippen LogP contribution is -2.13. The number of H-pyrrole nitrogens is 1. The van der Waals surface area contributed by atoms with Gasteiger partial charge in [-0.15, -0.1) is 0 Å². The molecule has 0 atom stereocenters. The number of hydrogen-bond donors (Lipinski definition) is 2. The average Bonchev–Trinajstić information content (AvgIpc) is 2.94. The van der Waals surface area contributed by atoms with E-state index in [2.05, 4.69) is 15.3 Å². The normalized spacial score (nSPS) is 10.7. The summed E-state index contributed by atoms with van der Waals surface area (Å²) in [6.07, 6.45) is 3.12. The van der Waals surface area contributed by atoms with Gasteiger partial charge in [0.25, 0.3) is 5.91 Å². The molecule has 0 aliphatic carbocycles. The van der Waals surface area contributed by atoms with Crippen LogP contribution in [-0.2, 0) is 0 Å². The number of nitro benzene ring substituents is 1. The third-order valence-corrected chi connectivity index (χ3v) is 3.45. The van der Waals surface area contributed by atoms with Crippen LogP contribution in [0.15, 0.2) is 36.7 Å². The Labute approximate surface area is 133 Å². The third-order valence-electron chi connectivity index (χ3n) is 3.14. The van der Waals surface area contributed by atoms with E-state index in [1.807, 2.05) is 0 Å². The second-order valence-corrected chi connectivity index (χ2v) is 5.04. The molecule has 0 aliphatic rings. The van der Waals surface area contributed by atoms with Crippen LogP contribution in [0.25, 0.3) is 11.0 Å². The molecule has 0 fully saturated rings. The smallest absolute Gasteiger partial charge is 0.305 e. The summed E-state index contributed by atoms with van der Waals surface area (Å²) in [6, 6.07) is 4.98. The van der Waals surface area contributed by atoms with E-state index in [0.717, 1.165) is 17.5 Å². The molecule has 1 amide bonds. The van der Waals surface area contributed by atoms with E-state index < -0.39 is 22.3 Å². The largest absolute Gasteiger partial charge is 0.346 e. The number of anilines is 1. The summed E-state index contributed by atoms with van der Waals surface area (Å²) in [5, 5.41) is 13.8. The van der Waals surface area contributed by atoms with Gasteiger partial charge in [0.1, 0.15) is 5.65 Å². The van der Waals surface area contributed by atoms with Gasteiger partial charge in [-0.1, -0.05) is 11.6 Å². The van der Waals surface area contributed by atoms with Crippen molar-refractivity contribution in [2.45, 2.75) is 0 Å². The predicted octanol–water partition coefficient (Wildman–Crippen LogP) is 3.52. The Kier molecular flexibility index (Phi) is 3.67. The Morgan fingerprint density at radius 2 is 2.17 bits per heavy atom. The molecule has 9 heteroatoms. The van der Waals surface area contributed by atoms with E-state index >= 15 is 0 Å². The Hall–Kier alpha value is -3.00. The number of hydrogen-bond acceptors (Lipinski definition) is 4. The fourth-order valence-corrected chi connectivity index (χ4v) is 2.29. The molecule has 0 bridgehead atoms. The number of aromatic amines is 1. The molecule has 2 heterocycles. The van der Waals surface area contributed by atoms with Crippen LogP contribution < -0.4 is 5.32 Å². The van der Waals surface area contributed by atoms with Crippen LogP contribution in [0.5, 0.6) is 0 Å². The van der Waals surface area contributed by atoms with Crippen molar-refractivity contribution in [3.05, 3.63) is 63.2 Å². The Bertz CT molecular complexity index is 941. The maximum Gasteiger partial charge on any atom is 0.305 e. The number of benzene rings is 1. The fraction of sp³-hybridized carbons (Fsp3) is 0. The number of rotatable bonds is 3. The van der Waals surface area contributed by atoms with Gasteiger partial charge in [0, 0.05) is 23.7 Å². The zero-order valence-electron chi connectivity index (χ0n) is 11.3. The molecule has 3 aromatic rings. The first-order chi connectivity index (χ1) is 11.0. The van der Waals surface area contributed by atoms with E-state index in [0.29, 0.717) is 11.3 Å². The number of aromatic nitrogens is 2. The summed E-state index contributed by atoms with van der Waals surface area (Å²) in [5.41, 5.74) is 0.0105. The summed E-state index contributed by atoms with van der Waals surface area (Å²) in [4.78, 5) is 29.1. The molecular weight excluding hydrogens is 327 g/mol. The lowest BCUT2D eigenvalue weighted by molar-refractivity contribution is -0.387. The summed E-state index contributed by atoms with van der Waals surface area (Å²) >= 11 is 5.80. The van der Waals surface area contributed by atoms with Crippen molar-refractivity contribution < 1.29 is 14.1 Å². The molecule has 0 saturated carbocycles. The van der Waals surface area contributed by atoms with E-state index in [9.17, 15) is 19.3 Å². The lowest BCUT2D eigenvalue weighted by Gasteiger charge is -2.07. The first-order valence-corrected chi connectivity index (χ1v) is 6.71. The van der Waals surface area contributed by atoms with Crippen LogP contribution in [0.3, 0.4) is 0 Å². The zero-order chi connectivity index (χ0) is 16.6. The van der Waals surface area contributed by atoms with Gasteiger partial charge in [0.15, 0.2) is 0 Å². The molecule has 2 aromatic heterocycles. The SMILES string of the molecule is O=C(Nc1cnc2[nH]ccc2c1)c1cc([N+](=O)[O-])c(F)cc1Cl. The zero-order valence-corrected chi connectivity index (χ0v) is 12.1. The van der Waals surface area contributed by atoms with E-state index in [-0.39, 0.29) is 10.6 Å². The van der Waals surface area contributed by atoms with Crippen LogP contribution in [0, 0.1) is 15.9 Å². The topological polar surface area (TPSA) is 101 Å². The van der Waals surface area contributed by atoms with Gasteiger partial charge < -0.3 is 10.3 Å². The van der Waals surface area contributed by atoms with E-state index in [4.69, 9.17) is 11.6 Å². The van der Waals surface area contributed by atoms with Gasteiger partial charge in [-0.2, -0.15) is 4.39 Å². The van der Waals surface area contributed by atoms with Crippen molar-refractivity contribution in [1.82, 2.24) is 9.97 Å². The molecule has 3 rings (SSSR count). The summed E-state index contributed by atoms with van der Waals surface area (Å²) in [6.45, 7) is 0. The van der Waals surface area contributed by atoms with Crippen molar-refractivity contribution in [2.24, 2.45) is 0 Å². The number of pyridine rings is 1. The van der Waals surface area contributed by atoms with Crippen molar-refractivity contribution in [2.75, 3.05) is 5.32 Å². The van der Waals surface area contributed by atoms with E-state index in [1.165, 1.54) is 6.20 Å². The van der Waals surface area contributed by atoms with Crippen LogP contribution in [0.2, 0.25) is 5.02 Å². The first kappa shape index (κ1) is 14.9. The Balaban J connectivity index is 1.93. The quantitative estimate of drug-likeness (QED) is 0.565. The van der Waals surface area contributed by atoms with Gasteiger partial charge in [-0.25, -0.2) is 4.98 Å². The Morgan fingerprint density at radius 1 is 1.39 bits per heavy atom. The molecule has 0 spiro atoms. The van der Waals surface area contributed by atoms with Crippen LogP contribution in [0.4, 0.5) is 15.8 Å². The molecule has 116 valence electrons. The number of nitro groups is 1. The van der Waals surface area contributed by atoms with Crippen LogP contribution >= 0.6 is 11.6 Å². The van der Waals surface area contributed by atoms with Gasteiger partial charge in [-0.05, 0) is 12.1 Å². The molecule has 0 aliphatic heterocycles. The molecule has 7 nitrogen and oxygen atoms in total. The predicted molar refractivity (Wildman–Crippen MR) is 82.1 cm³/mol. The molecule has 0 saturated heterocycles. The average molecular weight is 335 g/mol. The summed E-state index contributed by atoms with van der Waals surface area (Å²) in [7, 11) is 0. The van der Waals surface area contributed by atoms with Gasteiger partial charge in [0.05, 0.1) is 27.4 Å². The number of fused-ring (bicyclic) bond motifs is 1. The minimum Gasteiger partial charge on any atom is -0.346 e. The molecule has 1 aromatic carbocycles. The monoisotopic (exact) mass is 334 g/mol. The van der Waals surface area contributed by atoms with Crippen molar-refractivity contribution in [3.63, 3.8) is 0 Å². The van der Waals surface area contributed by atoms with Gasteiger partial charge in [-0.3, -0.25) is 14.9 Å². The number of carbonyl (C=O) groups excluding carboxylic acids is 1. The Morgan fingerprint density at radius 3 is 2.91 bits per heavy atom. The molecule has 0 radical (unpaired) electrons. The standard InChI is InChI=1S/C14H8ClFN4O3/c15-10-5-11(16)12(20(22)23)4-9(10)14(21)19-8-3-7-1-2-17-13(7)18-6-8/h1-6H,(H,17,18)(H,19,21). The number of halogens is 2. The lowest BCUT2D eigenvalue weighted by atomic mass is 10.1. The number of amides is 1. The highest BCUT2D eigenvalue weighted by Crippen LogP contribution is 2.26. The molecule has 23 heavy (non-hydrogen) atoms. The highest BCUT2D eigenvalue weighted by Gasteiger charge is 2.21. The number of nitrogens with one attached hydrogen (secondary N) is 2. The third kappa shape index (κ3) is 2.84. The maximum atomic E-state index is 13.4.